The summed E-state index contributed by atoms with van der Waals surface area (Å²) in [6.07, 6.45) is 71.7. The third kappa shape index (κ3) is 51.7. The molecule has 0 rings (SSSR count). The first-order valence-corrected chi connectivity index (χ1v) is 27.1. The Hall–Kier alpha value is -2.92. The quantitative estimate of drug-likeness (QED) is 0.0346. The molecular weight excluding hydrogens is 789 g/mol. The van der Waals surface area contributed by atoms with Crippen molar-refractivity contribution in [3.8, 4) is 0 Å². The van der Waals surface area contributed by atoms with E-state index in [0.717, 1.165) is 83.5 Å². The van der Waals surface area contributed by atoms with E-state index in [9.17, 15) is 9.59 Å². The molecule has 0 spiro atoms. The van der Waals surface area contributed by atoms with E-state index in [2.05, 4.69) is 106 Å². The maximum atomic E-state index is 12.8. The molecule has 0 N–H and O–H groups in total. The minimum atomic E-state index is -0.569. The lowest BCUT2D eigenvalue weighted by atomic mass is 10.1. The summed E-state index contributed by atoms with van der Waals surface area (Å²) >= 11 is 0. The van der Waals surface area contributed by atoms with Crippen molar-refractivity contribution in [3.63, 3.8) is 0 Å². The molecule has 0 aromatic rings. The number of unbranched alkanes of at least 4 members (excludes halogenated alkanes) is 24. The highest BCUT2D eigenvalue weighted by Crippen LogP contribution is 2.14. The highest BCUT2D eigenvalue weighted by atomic mass is 16.6. The van der Waals surface area contributed by atoms with Crippen molar-refractivity contribution in [2.75, 3.05) is 19.8 Å². The van der Waals surface area contributed by atoms with Gasteiger partial charge in [0.2, 0.25) is 0 Å². The van der Waals surface area contributed by atoms with E-state index in [0.29, 0.717) is 19.4 Å². The zero-order valence-corrected chi connectivity index (χ0v) is 42.3. The van der Waals surface area contributed by atoms with Crippen LogP contribution < -0.4 is 0 Å². The molecule has 0 heterocycles. The standard InChI is InChI=1S/C59H102O5/c1-4-7-10-13-16-19-22-25-27-29-30-32-33-35-37-40-43-46-49-52-58(60)63-56-57(55-62-54-51-48-45-42-39-24-21-18-15-12-9-6-3)64-59(61)53-50-47-44-41-38-36-34-31-28-26-23-20-17-14-11-8-5-2/h8,11,16-17,19-20,25-28,34,36,41,44,57H,4-7,9-10,12-15,18,21-24,29-33,35,37-40,42-43,45-56H2,1-3H3/b11-8-,19-16-,20-17-,27-25-,28-26-,36-34-,44-41-. The van der Waals surface area contributed by atoms with Crippen molar-refractivity contribution in [2.24, 2.45) is 0 Å². The van der Waals surface area contributed by atoms with Gasteiger partial charge in [0.15, 0.2) is 6.10 Å². The number of hydrogen-bond donors (Lipinski definition) is 0. The second-order valence-corrected chi connectivity index (χ2v) is 17.8. The van der Waals surface area contributed by atoms with Gasteiger partial charge in [-0.25, -0.2) is 0 Å². The molecule has 0 saturated heterocycles. The lowest BCUT2D eigenvalue weighted by Gasteiger charge is -2.18. The Morgan fingerprint density at radius 3 is 1.20 bits per heavy atom. The maximum absolute atomic E-state index is 12.8. The number of carbonyl (C=O) groups is 2. The third-order valence-corrected chi connectivity index (χ3v) is 11.4. The van der Waals surface area contributed by atoms with Gasteiger partial charge in [-0.05, 0) is 89.9 Å². The van der Waals surface area contributed by atoms with Gasteiger partial charge >= 0.3 is 11.9 Å². The molecule has 0 bridgehead atoms. The average molecular weight is 891 g/mol. The summed E-state index contributed by atoms with van der Waals surface area (Å²) in [5.74, 6) is -0.465. The Balaban J connectivity index is 4.33. The van der Waals surface area contributed by atoms with Crippen LogP contribution in [-0.2, 0) is 23.8 Å². The second kappa shape index (κ2) is 54.4. The van der Waals surface area contributed by atoms with E-state index in [-0.39, 0.29) is 25.2 Å². The van der Waals surface area contributed by atoms with Crippen LogP contribution in [0.3, 0.4) is 0 Å². The fraction of sp³-hybridized carbons (Fsp3) is 0.729. The molecule has 0 radical (unpaired) electrons. The summed E-state index contributed by atoms with van der Waals surface area (Å²) in [4.78, 5) is 25.4. The van der Waals surface area contributed by atoms with Gasteiger partial charge in [-0.1, -0.05) is 234 Å². The van der Waals surface area contributed by atoms with E-state index in [1.165, 1.54) is 135 Å². The van der Waals surface area contributed by atoms with Crippen molar-refractivity contribution < 1.29 is 23.8 Å². The lowest BCUT2D eigenvalue weighted by Crippen LogP contribution is -2.30. The zero-order valence-electron chi connectivity index (χ0n) is 42.3. The molecule has 0 saturated carbocycles. The van der Waals surface area contributed by atoms with Crippen LogP contribution in [0.15, 0.2) is 85.1 Å². The number of hydrogen-bond acceptors (Lipinski definition) is 5. The summed E-state index contributed by atoms with van der Waals surface area (Å²) in [6, 6.07) is 0. The highest BCUT2D eigenvalue weighted by Gasteiger charge is 2.17. The zero-order chi connectivity index (χ0) is 46.3. The van der Waals surface area contributed by atoms with Gasteiger partial charge in [0, 0.05) is 19.4 Å². The summed E-state index contributed by atoms with van der Waals surface area (Å²) < 4.78 is 17.4. The molecule has 0 fully saturated rings. The molecule has 0 aromatic heterocycles. The fourth-order valence-electron chi connectivity index (χ4n) is 7.40. The molecule has 1 unspecified atom stereocenters. The summed E-state index contributed by atoms with van der Waals surface area (Å²) in [6.45, 7) is 7.64. The van der Waals surface area contributed by atoms with E-state index >= 15 is 0 Å². The van der Waals surface area contributed by atoms with Crippen LogP contribution in [-0.4, -0.2) is 37.9 Å². The van der Waals surface area contributed by atoms with Gasteiger partial charge in [0.05, 0.1) is 6.61 Å². The molecule has 0 aromatic carbocycles. The minimum Gasteiger partial charge on any atom is -0.462 e. The smallest absolute Gasteiger partial charge is 0.306 e. The number of esters is 2. The first-order valence-electron chi connectivity index (χ1n) is 27.1. The van der Waals surface area contributed by atoms with Crippen molar-refractivity contribution in [2.45, 2.75) is 258 Å². The number of carbonyl (C=O) groups excluding carboxylic acids is 2. The van der Waals surface area contributed by atoms with Gasteiger partial charge in [0.1, 0.15) is 6.61 Å². The Bertz CT molecular complexity index is 1190. The Labute approximate surface area is 397 Å². The molecule has 5 nitrogen and oxygen atoms in total. The Morgan fingerprint density at radius 1 is 0.359 bits per heavy atom. The number of rotatable bonds is 49. The number of allylic oxidation sites excluding steroid dienone is 14. The summed E-state index contributed by atoms with van der Waals surface area (Å²) in [5.41, 5.74) is 0. The van der Waals surface area contributed by atoms with Crippen molar-refractivity contribution in [3.05, 3.63) is 85.1 Å². The third-order valence-electron chi connectivity index (χ3n) is 11.4. The van der Waals surface area contributed by atoms with Gasteiger partial charge in [-0.15, -0.1) is 0 Å². The SMILES string of the molecule is CC/C=C\C/C=C\C/C=C\C/C=C\C/C=C\CCCC(=O)OC(COCCCCCCCCCCCCCC)COC(=O)CCCCCCCCCCC/C=C\C/C=C\CCCCC. The Kier molecular flexibility index (Phi) is 51.9. The first kappa shape index (κ1) is 61.1. The van der Waals surface area contributed by atoms with Crippen molar-refractivity contribution in [1.82, 2.24) is 0 Å². The van der Waals surface area contributed by atoms with E-state index in [1.807, 2.05) is 0 Å². The van der Waals surface area contributed by atoms with Crippen molar-refractivity contribution in [1.29, 1.82) is 0 Å². The molecule has 1 atom stereocenters. The number of ether oxygens (including phenoxy) is 3. The van der Waals surface area contributed by atoms with Crippen LogP contribution in [0.4, 0.5) is 0 Å². The monoisotopic (exact) mass is 891 g/mol. The van der Waals surface area contributed by atoms with Crippen LogP contribution in [0.2, 0.25) is 0 Å². The lowest BCUT2D eigenvalue weighted by molar-refractivity contribution is -0.162. The maximum Gasteiger partial charge on any atom is 0.306 e. The van der Waals surface area contributed by atoms with Crippen LogP contribution in [0.25, 0.3) is 0 Å². The molecule has 5 heteroatoms. The predicted octanol–water partition coefficient (Wildman–Crippen LogP) is 18.5. The van der Waals surface area contributed by atoms with Gasteiger partial charge in [-0.2, -0.15) is 0 Å². The topological polar surface area (TPSA) is 61.8 Å². The van der Waals surface area contributed by atoms with Gasteiger partial charge in [-0.3, -0.25) is 9.59 Å². The van der Waals surface area contributed by atoms with E-state index in [4.69, 9.17) is 14.2 Å². The molecule has 0 amide bonds. The first-order chi connectivity index (χ1) is 31.6. The van der Waals surface area contributed by atoms with Crippen LogP contribution >= 0.6 is 0 Å². The van der Waals surface area contributed by atoms with Gasteiger partial charge < -0.3 is 14.2 Å². The van der Waals surface area contributed by atoms with Gasteiger partial charge in [0.25, 0.3) is 0 Å². The van der Waals surface area contributed by atoms with Crippen LogP contribution in [0.1, 0.15) is 252 Å². The molecule has 368 valence electrons. The van der Waals surface area contributed by atoms with Crippen molar-refractivity contribution >= 4 is 11.9 Å². The highest BCUT2D eigenvalue weighted by molar-refractivity contribution is 5.70. The second-order valence-electron chi connectivity index (χ2n) is 17.8. The minimum absolute atomic E-state index is 0.0593. The summed E-state index contributed by atoms with van der Waals surface area (Å²) in [7, 11) is 0. The van der Waals surface area contributed by atoms with E-state index < -0.39 is 6.10 Å². The molecule has 0 aliphatic heterocycles. The molecular formula is C59H102O5. The molecule has 64 heavy (non-hydrogen) atoms. The fourth-order valence-corrected chi connectivity index (χ4v) is 7.40. The average Bonchev–Trinajstić information content (AvgIpc) is 3.30. The van der Waals surface area contributed by atoms with Crippen LogP contribution in [0.5, 0.6) is 0 Å². The Morgan fingerprint density at radius 2 is 0.719 bits per heavy atom. The van der Waals surface area contributed by atoms with Crippen LogP contribution in [0, 0.1) is 0 Å². The normalized spacial score (nSPS) is 12.9. The molecule has 0 aliphatic rings. The van der Waals surface area contributed by atoms with E-state index in [1.54, 1.807) is 0 Å². The largest absolute Gasteiger partial charge is 0.462 e. The molecule has 0 aliphatic carbocycles. The predicted molar refractivity (Wildman–Crippen MR) is 279 cm³/mol. The summed E-state index contributed by atoms with van der Waals surface area (Å²) in [5, 5.41) is 0.